The highest BCUT2D eigenvalue weighted by Crippen LogP contribution is 2.47. The van der Waals surface area contributed by atoms with Gasteiger partial charge in [-0.15, -0.1) is 0 Å². The zero-order valence-electron chi connectivity index (χ0n) is 26.4. The van der Waals surface area contributed by atoms with E-state index in [9.17, 15) is 28.1 Å². The average Bonchev–Trinajstić information content (AvgIpc) is 3.72. The number of aromatic nitrogens is 1. The lowest BCUT2D eigenvalue weighted by Gasteiger charge is -2.32. The minimum Gasteiger partial charge on any atom is -0.358 e. The number of nitrogens with one attached hydrogen (secondary N) is 2. The summed E-state index contributed by atoms with van der Waals surface area (Å²) in [6.07, 6.45) is 3.08. The molecule has 1 aromatic heterocycles. The Balaban J connectivity index is 1.36. The lowest BCUT2D eigenvalue weighted by Crippen LogP contribution is -2.47. The third-order valence-corrected chi connectivity index (χ3v) is 11.4. The number of aromatic amines is 1. The van der Waals surface area contributed by atoms with E-state index in [0.29, 0.717) is 70.4 Å². The van der Waals surface area contributed by atoms with Crippen LogP contribution in [0.5, 0.6) is 0 Å². The van der Waals surface area contributed by atoms with Crippen LogP contribution in [0.1, 0.15) is 52.1 Å². The molecule has 1 aliphatic carbocycles. The van der Waals surface area contributed by atoms with Gasteiger partial charge in [0.1, 0.15) is 5.41 Å². The number of sulfonamides is 1. The molecule has 1 saturated heterocycles. The van der Waals surface area contributed by atoms with Gasteiger partial charge in [0, 0.05) is 67.3 Å². The van der Waals surface area contributed by atoms with Crippen LogP contribution in [0.2, 0.25) is 5.02 Å². The van der Waals surface area contributed by atoms with Gasteiger partial charge in [0.05, 0.1) is 27.8 Å². The second-order valence-corrected chi connectivity index (χ2v) is 14.8. The first-order chi connectivity index (χ1) is 22.3. The molecular formula is C34H35ClN6O5S. The number of likely N-dealkylation sites (N-methyl/N-ethyl adjacent to an activating group) is 1. The lowest BCUT2D eigenvalue weighted by atomic mass is 9.96. The fraction of sp³-hybridized carbons (Fsp3) is 0.353. The molecule has 0 bridgehead atoms. The number of halogens is 1. The minimum absolute atomic E-state index is 0.0130. The quantitative estimate of drug-likeness (QED) is 0.318. The molecule has 2 N–H and O–H groups in total. The minimum atomic E-state index is -4.02. The van der Waals surface area contributed by atoms with Gasteiger partial charge in [-0.25, -0.2) is 8.42 Å². The molecule has 3 heterocycles. The number of nitriles is 1. The number of benzene rings is 2. The van der Waals surface area contributed by atoms with Gasteiger partial charge in [0.15, 0.2) is 5.78 Å². The van der Waals surface area contributed by atoms with Gasteiger partial charge < -0.3 is 20.1 Å². The average molecular weight is 675 g/mol. The standard InChI is InChI=1S/C34H35ClN6O5S/c1-21-29(37-28(9-10-30(42)34(20-36)11-12-34)31(21)33(44)41-15-13-39(2)14-16-41)19-26-25-18-24(7-8-27(25)38-32(26)43)47(45,46)40(3)23-6-4-5-22(35)17-23/h4-8,17-19,37H,9-16H2,1-3H3,(H,38,43)/b26-19-. The lowest BCUT2D eigenvalue weighted by molar-refractivity contribution is -0.122. The van der Waals surface area contributed by atoms with E-state index < -0.39 is 21.3 Å². The summed E-state index contributed by atoms with van der Waals surface area (Å²) >= 11 is 6.10. The smallest absolute Gasteiger partial charge is 0.264 e. The number of ketones is 1. The van der Waals surface area contributed by atoms with Crippen molar-refractivity contribution in [3.05, 3.63) is 75.6 Å². The Labute approximate surface area is 278 Å². The van der Waals surface area contributed by atoms with Gasteiger partial charge in [0.2, 0.25) is 0 Å². The van der Waals surface area contributed by atoms with Gasteiger partial charge in [-0.2, -0.15) is 5.26 Å². The SMILES string of the molecule is Cc1c(/C=C2\C(=O)Nc3ccc(S(=O)(=O)N(C)c4cccc(Cl)c4)cc32)[nH]c(CCC(=O)C2(C#N)CC2)c1C(=O)N1CCN(C)CC1. The number of piperazine rings is 1. The number of hydrogen-bond donors (Lipinski definition) is 2. The molecule has 3 aromatic rings. The van der Waals surface area contributed by atoms with Gasteiger partial charge in [0.25, 0.3) is 21.8 Å². The third-order valence-electron chi connectivity index (χ3n) is 9.36. The molecule has 0 radical (unpaired) electrons. The summed E-state index contributed by atoms with van der Waals surface area (Å²) in [5, 5.41) is 12.7. The Morgan fingerprint density at radius 1 is 1.13 bits per heavy atom. The second-order valence-electron chi connectivity index (χ2n) is 12.4. The molecule has 0 spiro atoms. The third kappa shape index (κ3) is 6.06. The number of aryl methyl sites for hydroxylation is 1. The molecular weight excluding hydrogens is 640 g/mol. The zero-order valence-corrected chi connectivity index (χ0v) is 28.0. The summed E-state index contributed by atoms with van der Waals surface area (Å²) in [6, 6.07) is 13.1. The first-order valence-electron chi connectivity index (χ1n) is 15.4. The van der Waals surface area contributed by atoms with Crippen molar-refractivity contribution in [3.63, 3.8) is 0 Å². The van der Waals surface area contributed by atoms with Gasteiger partial charge >= 0.3 is 0 Å². The Bertz CT molecular complexity index is 1980. The largest absolute Gasteiger partial charge is 0.358 e. The van der Waals surface area contributed by atoms with Crippen molar-refractivity contribution in [3.8, 4) is 6.07 Å². The van der Waals surface area contributed by atoms with E-state index in [0.717, 1.165) is 17.4 Å². The van der Waals surface area contributed by atoms with Crippen LogP contribution in [-0.4, -0.2) is 81.1 Å². The molecule has 11 nitrogen and oxygen atoms in total. The van der Waals surface area contributed by atoms with Crippen molar-refractivity contribution in [2.24, 2.45) is 5.41 Å². The normalized spacial score (nSPS) is 18.1. The molecule has 2 aromatic carbocycles. The second kappa shape index (κ2) is 12.3. The number of hydrogen-bond acceptors (Lipinski definition) is 7. The van der Waals surface area contributed by atoms with Crippen molar-refractivity contribution in [1.29, 1.82) is 5.26 Å². The van der Waals surface area contributed by atoms with Crippen LogP contribution in [-0.2, 0) is 26.0 Å². The highest BCUT2D eigenvalue weighted by Gasteiger charge is 2.49. The maximum atomic E-state index is 13.9. The van der Waals surface area contributed by atoms with E-state index in [1.165, 1.54) is 19.2 Å². The van der Waals surface area contributed by atoms with E-state index in [1.807, 2.05) is 7.05 Å². The van der Waals surface area contributed by atoms with E-state index in [-0.39, 0.29) is 35.0 Å². The summed E-state index contributed by atoms with van der Waals surface area (Å²) < 4.78 is 28.4. The Morgan fingerprint density at radius 3 is 2.51 bits per heavy atom. The Morgan fingerprint density at radius 2 is 1.85 bits per heavy atom. The number of amides is 2. The number of carbonyl (C=O) groups excluding carboxylic acids is 3. The molecule has 1 saturated carbocycles. The highest BCUT2D eigenvalue weighted by molar-refractivity contribution is 7.92. The number of anilines is 2. The predicted molar refractivity (Wildman–Crippen MR) is 180 cm³/mol. The van der Waals surface area contributed by atoms with E-state index in [1.54, 1.807) is 48.2 Å². The highest BCUT2D eigenvalue weighted by atomic mass is 35.5. The Hall–Kier alpha value is -4.44. The topological polar surface area (TPSA) is 147 Å². The number of Topliss-reactive ketones (excluding diaryl/α,β-unsaturated/α-hetero) is 1. The first kappa shape index (κ1) is 32.5. The summed E-state index contributed by atoms with van der Waals surface area (Å²) in [5.74, 6) is -0.708. The van der Waals surface area contributed by atoms with E-state index in [2.05, 4.69) is 21.3 Å². The van der Waals surface area contributed by atoms with Crippen LogP contribution < -0.4 is 9.62 Å². The summed E-state index contributed by atoms with van der Waals surface area (Å²) in [6.45, 7) is 4.38. The number of carbonyl (C=O) groups is 3. The fourth-order valence-corrected chi connectivity index (χ4v) is 7.51. The maximum Gasteiger partial charge on any atom is 0.264 e. The predicted octanol–water partition coefficient (Wildman–Crippen LogP) is 4.49. The molecule has 0 atom stereocenters. The van der Waals surface area contributed by atoms with Gasteiger partial charge in [-0.05, 0) is 81.3 Å². The number of fused-ring (bicyclic) bond motifs is 1. The molecule has 244 valence electrons. The van der Waals surface area contributed by atoms with Crippen LogP contribution in [0.3, 0.4) is 0 Å². The number of H-pyrrole nitrogens is 1. The monoisotopic (exact) mass is 674 g/mol. The molecule has 3 aliphatic rings. The van der Waals surface area contributed by atoms with Crippen molar-refractivity contribution in [2.75, 3.05) is 49.9 Å². The van der Waals surface area contributed by atoms with Crippen LogP contribution in [0.25, 0.3) is 11.6 Å². The molecule has 2 aliphatic heterocycles. The van der Waals surface area contributed by atoms with Crippen LogP contribution in [0, 0.1) is 23.7 Å². The molecule has 6 rings (SSSR count). The van der Waals surface area contributed by atoms with E-state index >= 15 is 0 Å². The van der Waals surface area contributed by atoms with Gasteiger partial charge in [-0.1, -0.05) is 17.7 Å². The summed E-state index contributed by atoms with van der Waals surface area (Å²) in [4.78, 5) is 47.3. The molecule has 0 unspecified atom stereocenters. The van der Waals surface area contributed by atoms with Crippen LogP contribution in [0.15, 0.2) is 47.4 Å². The van der Waals surface area contributed by atoms with Crippen molar-refractivity contribution >= 4 is 62.2 Å². The fourth-order valence-electron chi connectivity index (χ4n) is 6.11. The first-order valence-corrected chi connectivity index (χ1v) is 17.2. The maximum absolute atomic E-state index is 13.9. The summed E-state index contributed by atoms with van der Waals surface area (Å²) in [7, 11) is -0.577. The summed E-state index contributed by atoms with van der Waals surface area (Å²) in [5.41, 5.74) is 2.71. The molecule has 2 amide bonds. The van der Waals surface area contributed by atoms with Crippen LogP contribution >= 0.6 is 11.6 Å². The number of rotatable bonds is 9. The van der Waals surface area contributed by atoms with Crippen molar-refractivity contribution in [1.82, 2.24) is 14.8 Å². The Kier molecular flexibility index (Phi) is 8.50. The molecule has 47 heavy (non-hydrogen) atoms. The molecule has 13 heteroatoms. The van der Waals surface area contributed by atoms with Crippen LogP contribution in [0.4, 0.5) is 11.4 Å². The van der Waals surface area contributed by atoms with Crippen molar-refractivity contribution in [2.45, 2.75) is 37.5 Å². The number of nitrogens with zero attached hydrogens (tertiary/aromatic N) is 4. The van der Waals surface area contributed by atoms with E-state index in [4.69, 9.17) is 11.6 Å². The van der Waals surface area contributed by atoms with Gasteiger partial charge in [-0.3, -0.25) is 18.7 Å². The molecule has 2 fully saturated rings. The van der Waals surface area contributed by atoms with Crippen molar-refractivity contribution < 1.29 is 22.8 Å². The zero-order chi connectivity index (χ0) is 33.7.